The minimum atomic E-state index is -1.48. The number of azo groups is 1. The molecule has 0 aromatic heterocycles. The molecule has 0 aliphatic rings. The van der Waals surface area contributed by atoms with E-state index in [1.807, 2.05) is 48.5 Å². The van der Waals surface area contributed by atoms with Crippen LogP contribution in [-0.2, 0) is 30.2 Å². The molecule has 37 nitrogen and oxygen atoms in total. The molecule has 0 heterocycles. The van der Waals surface area contributed by atoms with E-state index in [1.54, 1.807) is 256 Å². The number of imide groups is 2. The average molecular weight is 1840 g/mol. The highest BCUT2D eigenvalue weighted by atomic mass is 16.6. The Morgan fingerprint density at radius 2 is 0.627 bits per heavy atom. The second kappa shape index (κ2) is 48.4. The zero-order chi connectivity index (χ0) is 101. The standard InChI is InChI=1S/C22H29N3O4.C16H25N3O4.C12H12N4.C12H19N3O2.C12H12N2O2.C12H12N2O.C11H17N3O4/c1-21(2,3)28-19(26)25(20(27)29-22(4,5)6)18-13-16(24)11-12-17(18)14-7-9-15(23)10-8-14;1-15(2,3)22-13(20)19(14(21)23-16(4,5)6)12-9-10(17)7-8-11(12)18;13-9-1-5-11(6-2-9)15-16-12-7-3-10(14)4-8-12;1-12(2,3)17-11(16)15-7-8-6-9(13)4-5-10(8)14;13-9-3-1-7(5-11(9)15)8-2-4-10(14)12(16)6-8;13-9-1-5-11(6-2-9)15-12-7-3-10(14)4-8-12;12-8-1-7(2-9(13)3-8)10(18)14-11(4-15,5-16)6-17/h7-13H,23-24H2,1-6H3;7-9H,17-18H2,1-6H3;1-8H,13-14H2;4-6H,7,13-14H2,1-3H3,(H,15,16);1-6,15-16H,13-14H2;1-8H,13-14H2;1-3,15-17H,4-6,12-13H2,(H,14,18). The van der Waals surface area contributed by atoms with Gasteiger partial charge in [-0.15, -0.1) is 0 Å². The number of rotatable bonds is 15. The van der Waals surface area contributed by atoms with E-state index in [9.17, 15) is 39.0 Å². The molecule has 0 unspecified atom stereocenters. The van der Waals surface area contributed by atoms with Crippen LogP contribution in [0.3, 0.4) is 0 Å². The van der Waals surface area contributed by atoms with Gasteiger partial charge in [0.05, 0.1) is 59.6 Å². The van der Waals surface area contributed by atoms with Crippen LogP contribution in [0.1, 0.15) is 120 Å². The first kappa shape index (κ1) is 108. The number of nitrogen functional groups attached to an aromatic ring is 14. The van der Waals surface area contributed by atoms with Gasteiger partial charge in [-0.3, -0.25) is 4.79 Å². The van der Waals surface area contributed by atoms with Crippen LogP contribution in [0.2, 0.25) is 0 Å². The molecule has 11 aromatic carbocycles. The number of nitrogens with zero attached hydrogens (tertiary/aromatic N) is 4. The van der Waals surface area contributed by atoms with Gasteiger partial charge in [0.25, 0.3) is 5.91 Å². The molecule has 0 radical (unpaired) electrons. The quantitative estimate of drug-likeness (QED) is 0.0196. The molecular formula is C97H126N20O17. The zero-order valence-corrected chi connectivity index (χ0v) is 77.8. The number of hydrogen-bond acceptors (Lipinski definition) is 33. The number of alkyl carbamates (subject to hydrolysis) is 1. The largest absolute Gasteiger partial charge is 0.506 e. The number of amides is 6. The first-order valence-corrected chi connectivity index (χ1v) is 41.4. The summed E-state index contributed by atoms with van der Waals surface area (Å²) in [6.45, 7) is 24.4. The number of aromatic hydroxyl groups is 2. The van der Waals surface area contributed by atoms with Gasteiger partial charge in [-0.05, 0) is 326 Å². The number of aliphatic hydroxyl groups excluding tert-OH is 3. The van der Waals surface area contributed by atoms with Crippen molar-refractivity contribution in [3.8, 4) is 45.3 Å². The predicted octanol–water partition coefficient (Wildman–Crippen LogP) is 16.7. The molecule has 0 saturated carbocycles. The maximum absolute atomic E-state index is 13.0. The third kappa shape index (κ3) is 38.2. The molecule has 0 saturated heterocycles. The predicted molar refractivity (Wildman–Crippen MR) is 533 cm³/mol. The van der Waals surface area contributed by atoms with Crippen LogP contribution < -0.4 is 105 Å². The molecule has 0 bridgehead atoms. The van der Waals surface area contributed by atoms with Gasteiger partial charge in [0, 0.05) is 80.2 Å². The highest BCUT2D eigenvalue weighted by Crippen LogP contribution is 2.38. The summed E-state index contributed by atoms with van der Waals surface area (Å²) in [5.41, 5.74) is 86.6. The molecule has 0 atom stereocenters. The summed E-state index contributed by atoms with van der Waals surface area (Å²) >= 11 is 0. The summed E-state index contributed by atoms with van der Waals surface area (Å²) in [6, 6.07) is 64.7. The summed E-state index contributed by atoms with van der Waals surface area (Å²) < 4.78 is 32.2. The normalized spacial score (nSPS) is 11.1. The van der Waals surface area contributed by atoms with E-state index < -0.39 is 89.7 Å². The third-order valence-electron chi connectivity index (χ3n) is 17.1. The van der Waals surface area contributed by atoms with Gasteiger partial charge in [0.1, 0.15) is 56.5 Å². The molecule has 11 aromatic rings. The Kier molecular flexibility index (Phi) is 39.1. The Morgan fingerprint density at radius 1 is 0.321 bits per heavy atom. The van der Waals surface area contributed by atoms with Gasteiger partial charge in [-0.1, -0.05) is 30.3 Å². The molecule has 716 valence electrons. The number of carbonyl (C=O) groups is 6. The summed E-state index contributed by atoms with van der Waals surface area (Å²) in [6.07, 6.45) is -3.95. The van der Waals surface area contributed by atoms with Crippen molar-refractivity contribution < 1.29 is 82.7 Å². The van der Waals surface area contributed by atoms with Crippen molar-refractivity contribution in [1.29, 1.82) is 0 Å². The molecular weight excluding hydrogens is 1720 g/mol. The molecule has 11 rings (SSSR count). The van der Waals surface area contributed by atoms with E-state index in [-0.39, 0.29) is 34.1 Å². The van der Waals surface area contributed by atoms with Crippen molar-refractivity contribution in [3.63, 3.8) is 0 Å². The molecule has 0 aliphatic heterocycles. The fourth-order valence-corrected chi connectivity index (χ4v) is 10.7. The van der Waals surface area contributed by atoms with Gasteiger partial charge >= 0.3 is 30.5 Å². The first-order valence-electron chi connectivity index (χ1n) is 41.4. The fraction of sp³-hybridized carbons (Fsp3) is 0.258. The minimum Gasteiger partial charge on any atom is -0.506 e. The van der Waals surface area contributed by atoms with E-state index in [1.165, 1.54) is 30.3 Å². The van der Waals surface area contributed by atoms with Crippen molar-refractivity contribution in [2.24, 2.45) is 10.2 Å². The lowest BCUT2D eigenvalue weighted by molar-refractivity contribution is 0.0375. The van der Waals surface area contributed by atoms with Crippen LogP contribution in [0.4, 0.5) is 126 Å². The Morgan fingerprint density at radius 3 is 0.985 bits per heavy atom. The van der Waals surface area contributed by atoms with Crippen molar-refractivity contribution >= 4 is 139 Å². The lowest BCUT2D eigenvalue weighted by atomic mass is 10.0. The number of aliphatic hydroxyl groups is 3. The Hall–Kier alpha value is -16.3. The van der Waals surface area contributed by atoms with Crippen LogP contribution in [-0.4, -0.2) is 115 Å². The lowest BCUT2D eigenvalue weighted by Gasteiger charge is -2.29. The van der Waals surface area contributed by atoms with Crippen molar-refractivity contribution in [2.45, 2.75) is 144 Å². The second-order valence-electron chi connectivity index (χ2n) is 34.9. The minimum absolute atomic E-state index is 0.0221. The number of ether oxygens (including phenoxy) is 6. The van der Waals surface area contributed by atoms with Gasteiger partial charge in [0.15, 0.2) is 0 Å². The van der Waals surface area contributed by atoms with Gasteiger partial charge in [-0.25, -0.2) is 24.0 Å². The maximum atomic E-state index is 13.0. The SMILES string of the molecule is CC(C)(C)OC(=O)N(C(=O)OC(C)(C)C)c1cc(N)ccc1-c1ccc(N)cc1.CC(C)(C)OC(=O)N(C(=O)OC(C)(C)C)c1cc(N)ccc1N.CC(C)(C)OC(=O)NCc1cc(N)ccc1N.Nc1cc(N)cc(C(=O)NC(CO)(CO)CO)c1.Nc1ccc(-c2ccc(N)c(O)c2)cc1O.Nc1ccc(N=Nc2ccc(N)cc2)cc1.Nc1ccc(Oc2ccc(N)cc2)cc1. The highest BCUT2D eigenvalue weighted by Gasteiger charge is 2.37. The zero-order valence-electron chi connectivity index (χ0n) is 77.8. The van der Waals surface area contributed by atoms with Crippen molar-refractivity contribution in [1.82, 2.24) is 10.6 Å². The fourth-order valence-electron chi connectivity index (χ4n) is 10.7. The smallest absolute Gasteiger partial charge is 0.424 e. The number of phenolic OH excluding ortho intramolecular Hbond substituents is 2. The summed E-state index contributed by atoms with van der Waals surface area (Å²) in [7, 11) is 0. The van der Waals surface area contributed by atoms with Crippen molar-refractivity contribution in [3.05, 3.63) is 242 Å². The van der Waals surface area contributed by atoms with Crippen LogP contribution in [0.5, 0.6) is 23.0 Å². The molecule has 134 heavy (non-hydrogen) atoms. The number of nitrogens with two attached hydrogens (primary N) is 14. The molecule has 0 spiro atoms. The van der Waals surface area contributed by atoms with Crippen LogP contribution in [0.15, 0.2) is 241 Å². The van der Waals surface area contributed by atoms with E-state index in [2.05, 4.69) is 20.9 Å². The molecule has 37 heteroatoms. The van der Waals surface area contributed by atoms with Gasteiger partial charge in [0.2, 0.25) is 0 Å². The van der Waals surface area contributed by atoms with E-state index in [0.717, 1.165) is 66.3 Å². The summed E-state index contributed by atoms with van der Waals surface area (Å²) in [5.74, 6) is 0.969. The summed E-state index contributed by atoms with van der Waals surface area (Å²) in [4.78, 5) is 75.8. The Bertz CT molecular complexity index is 5530. The number of phenols is 2. The number of anilines is 16. The lowest BCUT2D eigenvalue weighted by Crippen LogP contribution is -2.57. The maximum Gasteiger partial charge on any atom is 0.424 e. The highest BCUT2D eigenvalue weighted by molar-refractivity contribution is 6.13. The molecule has 35 N–H and O–H groups in total. The molecule has 0 aliphatic carbocycles. The monoisotopic (exact) mass is 1840 g/mol. The number of nitrogens with one attached hydrogen (secondary N) is 2. The van der Waals surface area contributed by atoms with E-state index in [0.29, 0.717) is 74.7 Å². The topological polar surface area (TPSA) is 678 Å². The first-order chi connectivity index (χ1) is 62.4. The Labute approximate surface area is 779 Å². The van der Waals surface area contributed by atoms with Gasteiger partial charge in [-0.2, -0.15) is 20.0 Å². The summed E-state index contributed by atoms with van der Waals surface area (Å²) in [5, 5.41) is 59.4. The average Bonchev–Trinajstić information content (AvgIpc) is 0.793. The van der Waals surface area contributed by atoms with E-state index in [4.69, 9.17) is 124 Å². The molecule has 6 amide bonds. The number of carbonyl (C=O) groups excluding carboxylic acids is 6. The Balaban J connectivity index is 0.000000280. The van der Waals surface area contributed by atoms with Gasteiger partial charge < -0.3 is 145 Å². The van der Waals surface area contributed by atoms with Crippen molar-refractivity contribution in [2.75, 3.05) is 110 Å². The van der Waals surface area contributed by atoms with Crippen LogP contribution in [0.25, 0.3) is 22.3 Å². The molecule has 0 fully saturated rings. The third-order valence-corrected chi connectivity index (χ3v) is 17.1. The van der Waals surface area contributed by atoms with E-state index >= 15 is 0 Å². The number of benzene rings is 11. The second-order valence-corrected chi connectivity index (χ2v) is 34.9. The number of hydrogen-bond donors (Lipinski definition) is 21. The van der Waals surface area contributed by atoms with Crippen LogP contribution in [0, 0.1) is 0 Å². The van der Waals surface area contributed by atoms with Crippen LogP contribution >= 0.6 is 0 Å².